The zero-order valence-corrected chi connectivity index (χ0v) is 12.2. The Bertz CT molecular complexity index is 990. The van der Waals surface area contributed by atoms with Crippen molar-refractivity contribution < 1.29 is 19.8 Å². The van der Waals surface area contributed by atoms with Crippen LogP contribution < -0.4 is 10.9 Å². The summed E-state index contributed by atoms with van der Waals surface area (Å²) in [6.45, 7) is -0.678. The Morgan fingerprint density at radius 1 is 1.21 bits per heavy atom. The SMILES string of the molecule is O=C(O)CNC(=O)c1c(O)c2nccn2n(-c2ccccc2)c1=O. The Morgan fingerprint density at radius 3 is 2.58 bits per heavy atom. The summed E-state index contributed by atoms with van der Waals surface area (Å²) in [4.78, 5) is 39.4. The summed E-state index contributed by atoms with van der Waals surface area (Å²) in [5.74, 6) is -2.87. The highest BCUT2D eigenvalue weighted by atomic mass is 16.4. The number of carboxylic acids is 1. The minimum Gasteiger partial charge on any atom is -0.504 e. The Labute approximate surface area is 134 Å². The van der Waals surface area contributed by atoms with Crippen molar-refractivity contribution >= 4 is 17.5 Å². The molecular weight excluding hydrogens is 316 g/mol. The number of imidazole rings is 1. The maximum atomic E-state index is 12.7. The molecule has 2 aromatic heterocycles. The number of aliphatic carboxylic acids is 1. The number of carboxylic acid groups (broad SMARTS) is 1. The van der Waals surface area contributed by atoms with Crippen LogP contribution in [0.1, 0.15) is 10.4 Å². The van der Waals surface area contributed by atoms with Crippen molar-refractivity contribution in [2.75, 3.05) is 6.54 Å². The standard InChI is InChI=1S/C15H12N4O5/c20-10(21)8-17-14(23)11-12(22)13-16-6-7-18(13)19(15(11)24)9-4-2-1-3-5-9/h1-7,22H,8H2,(H,17,23)(H,20,21). The number of hydrogen-bond acceptors (Lipinski definition) is 5. The molecule has 3 aromatic rings. The van der Waals surface area contributed by atoms with Crippen LogP contribution in [0.4, 0.5) is 0 Å². The first-order valence-corrected chi connectivity index (χ1v) is 6.87. The lowest BCUT2D eigenvalue weighted by atomic mass is 10.2. The molecule has 0 unspecified atom stereocenters. The van der Waals surface area contributed by atoms with Crippen LogP contribution in [0.25, 0.3) is 11.3 Å². The average Bonchev–Trinajstić information content (AvgIpc) is 3.03. The van der Waals surface area contributed by atoms with Crippen LogP contribution in [-0.2, 0) is 4.79 Å². The van der Waals surface area contributed by atoms with E-state index in [1.54, 1.807) is 30.3 Å². The van der Waals surface area contributed by atoms with Crippen LogP contribution in [0.3, 0.4) is 0 Å². The summed E-state index contributed by atoms with van der Waals surface area (Å²) in [6.07, 6.45) is 2.83. The fraction of sp³-hybridized carbons (Fsp3) is 0.0667. The van der Waals surface area contributed by atoms with Gasteiger partial charge in [-0.15, -0.1) is 0 Å². The Balaban J connectivity index is 2.26. The van der Waals surface area contributed by atoms with Gasteiger partial charge in [-0.1, -0.05) is 18.2 Å². The highest BCUT2D eigenvalue weighted by Crippen LogP contribution is 2.20. The Hall–Kier alpha value is -3.62. The van der Waals surface area contributed by atoms with Gasteiger partial charge < -0.3 is 15.5 Å². The second-order valence-electron chi connectivity index (χ2n) is 4.85. The molecule has 0 spiro atoms. The fourth-order valence-corrected chi connectivity index (χ4v) is 2.30. The van der Waals surface area contributed by atoms with Crippen LogP contribution in [0.5, 0.6) is 5.75 Å². The van der Waals surface area contributed by atoms with Crippen LogP contribution >= 0.6 is 0 Å². The summed E-state index contributed by atoms with van der Waals surface area (Å²) in [6, 6.07) is 8.48. The molecule has 0 fully saturated rings. The number of rotatable bonds is 4. The molecule has 0 radical (unpaired) electrons. The highest BCUT2D eigenvalue weighted by molar-refractivity contribution is 5.99. The molecule has 1 amide bonds. The Kier molecular flexibility index (Phi) is 3.74. The zero-order chi connectivity index (χ0) is 17.3. The van der Waals surface area contributed by atoms with Gasteiger partial charge in [-0.25, -0.2) is 14.2 Å². The predicted molar refractivity (Wildman–Crippen MR) is 82.4 cm³/mol. The number of para-hydroxylation sites is 1. The molecule has 0 saturated heterocycles. The summed E-state index contributed by atoms with van der Waals surface area (Å²) in [7, 11) is 0. The summed E-state index contributed by atoms with van der Waals surface area (Å²) < 4.78 is 2.47. The van der Waals surface area contributed by atoms with Gasteiger partial charge in [0, 0.05) is 12.4 Å². The van der Waals surface area contributed by atoms with Gasteiger partial charge in [0.05, 0.1) is 5.69 Å². The van der Waals surface area contributed by atoms with Gasteiger partial charge in [-0.2, -0.15) is 0 Å². The molecular formula is C15H12N4O5. The van der Waals surface area contributed by atoms with Crippen molar-refractivity contribution in [1.29, 1.82) is 0 Å². The fourth-order valence-electron chi connectivity index (χ4n) is 2.30. The van der Waals surface area contributed by atoms with E-state index in [0.717, 1.165) is 4.68 Å². The molecule has 0 bridgehead atoms. The first-order chi connectivity index (χ1) is 11.5. The van der Waals surface area contributed by atoms with E-state index in [-0.39, 0.29) is 5.65 Å². The number of benzene rings is 1. The molecule has 0 aliphatic carbocycles. The topological polar surface area (TPSA) is 126 Å². The second-order valence-corrected chi connectivity index (χ2v) is 4.85. The van der Waals surface area contributed by atoms with E-state index in [9.17, 15) is 19.5 Å². The minimum atomic E-state index is -1.27. The van der Waals surface area contributed by atoms with E-state index in [1.807, 2.05) is 0 Å². The van der Waals surface area contributed by atoms with Gasteiger partial charge >= 0.3 is 5.97 Å². The Morgan fingerprint density at radius 2 is 1.92 bits per heavy atom. The molecule has 0 atom stereocenters. The lowest BCUT2D eigenvalue weighted by Crippen LogP contribution is -2.37. The smallest absolute Gasteiger partial charge is 0.322 e. The van der Waals surface area contributed by atoms with E-state index >= 15 is 0 Å². The molecule has 24 heavy (non-hydrogen) atoms. The van der Waals surface area contributed by atoms with Gasteiger partial charge in [-0.05, 0) is 12.1 Å². The molecule has 3 rings (SSSR count). The van der Waals surface area contributed by atoms with E-state index in [2.05, 4.69) is 10.3 Å². The minimum absolute atomic E-state index is 0.000993. The number of nitrogens with one attached hydrogen (secondary N) is 1. The third-order valence-corrected chi connectivity index (χ3v) is 3.32. The first kappa shape index (κ1) is 15.3. The van der Waals surface area contributed by atoms with Crippen molar-refractivity contribution in [2.24, 2.45) is 0 Å². The quantitative estimate of drug-likeness (QED) is 0.619. The number of fused-ring (bicyclic) bond motifs is 1. The molecule has 0 saturated carbocycles. The number of aromatic hydroxyl groups is 1. The number of nitrogens with zero attached hydrogens (tertiary/aromatic N) is 3. The third kappa shape index (κ3) is 2.47. The van der Waals surface area contributed by atoms with Gasteiger partial charge in [0.15, 0.2) is 17.0 Å². The van der Waals surface area contributed by atoms with Gasteiger partial charge in [-0.3, -0.25) is 14.4 Å². The van der Waals surface area contributed by atoms with E-state index in [1.165, 1.54) is 16.9 Å². The van der Waals surface area contributed by atoms with Crippen molar-refractivity contribution in [1.82, 2.24) is 19.5 Å². The molecule has 1 aromatic carbocycles. The molecule has 0 aliphatic heterocycles. The number of hydrogen-bond donors (Lipinski definition) is 3. The van der Waals surface area contributed by atoms with Crippen molar-refractivity contribution in [3.63, 3.8) is 0 Å². The average molecular weight is 328 g/mol. The van der Waals surface area contributed by atoms with Gasteiger partial charge in [0.1, 0.15) is 6.54 Å². The van der Waals surface area contributed by atoms with Crippen LogP contribution in [0, 0.1) is 0 Å². The maximum Gasteiger partial charge on any atom is 0.322 e. The van der Waals surface area contributed by atoms with Crippen molar-refractivity contribution in [2.45, 2.75) is 0 Å². The normalized spacial score (nSPS) is 10.7. The number of carbonyl (C=O) groups is 2. The molecule has 3 N–H and O–H groups in total. The number of amides is 1. The second kappa shape index (κ2) is 5.88. The largest absolute Gasteiger partial charge is 0.504 e. The van der Waals surface area contributed by atoms with Crippen molar-refractivity contribution in [3.8, 4) is 11.4 Å². The first-order valence-electron chi connectivity index (χ1n) is 6.87. The highest BCUT2D eigenvalue weighted by Gasteiger charge is 2.24. The summed E-state index contributed by atoms with van der Waals surface area (Å²) in [5.41, 5.74) is -0.914. The maximum absolute atomic E-state index is 12.7. The van der Waals surface area contributed by atoms with Crippen LogP contribution in [-0.4, -0.2) is 42.8 Å². The molecule has 0 aliphatic rings. The predicted octanol–water partition coefficient (Wildman–Crippen LogP) is 0.00520. The van der Waals surface area contributed by atoms with E-state index in [4.69, 9.17) is 5.11 Å². The van der Waals surface area contributed by atoms with E-state index < -0.39 is 35.3 Å². The summed E-state index contributed by atoms with van der Waals surface area (Å²) in [5, 5.41) is 20.9. The third-order valence-electron chi connectivity index (χ3n) is 3.32. The number of carbonyl (C=O) groups excluding carboxylic acids is 1. The van der Waals surface area contributed by atoms with Crippen molar-refractivity contribution in [3.05, 3.63) is 58.6 Å². The molecule has 9 nitrogen and oxygen atoms in total. The molecule has 9 heteroatoms. The molecule has 122 valence electrons. The lowest BCUT2D eigenvalue weighted by Gasteiger charge is -2.13. The van der Waals surface area contributed by atoms with Crippen LogP contribution in [0.2, 0.25) is 0 Å². The summed E-state index contributed by atoms with van der Waals surface area (Å²) >= 11 is 0. The van der Waals surface area contributed by atoms with Crippen LogP contribution in [0.15, 0.2) is 47.5 Å². The lowest BCUT2D eigenvalue weighted by molar-refractivity contribution is -0.135. The zero-order valence-electron chi connectivity index (χ0n) is 12.2. The van der Waals surface area contributed by atoms with Gasteiger partial charge in [0.2, 0.25) is 0 Å². The monoisotopic (exact) mass is 328 g/mol. The number of aromatic nitrogens is 3. The molecule has 2 heterocycles. The van der Waals surface area contributed by atoms with E-state index in [0.29, 0.717) is 5.69 Å². The van der Waals surface area contributed by atoms with Gasteiger partial charge in [0.25, 0.3) is 11.5 Å².